The topological polar surface area (TPSA) is 58.4 Å². The molecule has 1 aromatic carbocycles. The van der Waals surface area contributed by atoms with Crippen molar-refractivity contribution in [3.05, 3.63) is 29.5 Å². The molecule has 2 aromatic rings. The highest BCUT2D eigenvalue weighted by atomic mass is 16.3. The van der Waals surface area contributed by atoms with E-state index in [1.807, 2.05) is 11.7 Å². The van der Waals surface area contributed by atoms with Crippen LogP contribution in [0.2, 0.25) is 0 Å². The second-order valence-corrected chi connectivity index (χ2v) is 10.9. The number of benzene rings is 1. The zero-order valence-corrected chi connectivity index (χ0v) is 19.5. The number of carbonyl (C=O) groups excluding carboxylic acids is 1. The first-order chi connectivity index (χ1) is 14.8. The number of aliphatic hydroxyl groups is 1. The fraction of sp³-hybridized carbons (Fsp3) is 0.692. The smallest absolute Gasteiger partial charge is 0.223 e. The molecule has 5 heteroatoms. The highest BCUT2D eigenvalue weighted by molar-refractivity contribution is 5.88. The summed E-state index contributed by atoms with van der Waals surface area (Å²) >= 11 is 0. The molecule has 0 spiro atoms. The van der Waals surface area contributed by atoms with Crippen LogP contribution in [0.3, 0.4) is 0 Å². The Morgan fingerprint density at radius 2 is 1.94 bits per heavy atom. The Morgan fingerprint density at radius 3 is 2.55 bits per heavy atom. The van der Waals surface area contributed by atoms with Gasteiger partial charge in [-0.3, -0.25) is 9.48 Å². The van der Waals surface area contributed by atoms with Crippen LogP contribution in [0.15, 0.2) is 18.2 Å². The molecule has 168 valence electrons. The highest BCUT2D eigenvalue weighted by Gasteiger charge is 2.47. The first kappa shape index (κ1) is 21.0. The minimum atomic E-state index is -0.265. The summed E-state index contributed by atoms with van der Waals surface area (Å²) < 4.78 is 1.98. The molecule has 3 heterocycles. The van der Waals surface area contributed by atoms with Gasteiger partial charge in [-0.15, -0.1) is 0 Å². The predicted octanol–water partition coefficient (Wildman–Crippen LogP) is 4.87. The van der Waals surface area contributed by atoms with E-state index in [1.54, 1.807) is 0 Å². The lowest BCUT2D eigenvalue weighted by Crippen LogP contribution is -2.59. The lowest BCUT2D eigenvalue weighted by Gasteiger charge is -2.54. The van der Waals surface area contributed by atoms with Crippen molar-refractivity contribution in [2.45, 2.75) is 102 Å². The van der Waals surface area contributed by atoms with Crippen molar-refractivity contribution in [2.75, 3.05) is 0 Å². The predicted molar refractivity (Wildman–Crippen MR) is 123 cm³/mol. The molecular formula is C26H37N3O2. The number of piperidine rings is 2. The number of nitrogens with zero attached hydrogens (tertiary/aromatic N) is 3. The van der Waals surface area contributed by atoms with E-state index in [2.05, 4.69) is 43.9 Å². The van der Waals surface area contributed by atoms with Gasteiger partial charge in [0.1, 0.15) is 0 Å². The number of aliphatic hydroxyl groups excluding tert-OH is 1. The molecule has 0 radical (unpaired) electrons. The second kappa shape index (κ2) is 7.61. The maximum Gasteiger partial charge on any atom is 0.223 e. The lowest BCUT2D eigenvalue weighted by atomic mass is 9.67. The summed E-state index contributed by atoms with van der Waals surface area (Å²) in [5.41, 5.74) is 3.95. The quantitative estimate of drug-likeness (QED) is 0.746. The Bertz CT molecular complexity index is 976. The molecule has 1 aromatic heterocycles. The van der Waals surface area contributed by atoms with E-state index in [1.165, 1.54) is 29.3 Å². The molecule has 5 rings (SSSR count). The fourth-order valence-electron chi connectivity index (χ4n) is 6.45. The summed E-state index contributed by atoms with van der Waals surface area (Å²) in [6.45, 7) is 6.78. The molecule has 2 aliphatic heterocycles. The minimum absolute atomic E-state index is 0.0845. The molecule has 1 N–H and O–H groups in total. The van der Waals surface area contributed by atoms with Crippen LogP contribution in [0.5, 0.6) is 0 Å². The van der Waals surface area contributed by atoms with Crippen LogP contribution in [-0.2, 0) is 11.8 Å². The van der Waals surface area contributed by atoms with Crippen molar-refractivity contribution in [1.82, 2.24) is 14.7 Å². The Labute approximate surface area is 185 Å². The zero-order valence-electron chi connectivity index (χ0n) is 19.5. The molecule has 2 bridgehead atoms. The van der Waals surface area contributed by atoms with Gasteiger partial charge in [0.15, 0.2) is 0 Å². The van der Waals surface area contributed by atoms with Crippen LogP contribution >= 0.6 is 0 Å². The third-order valence-electron chi connectivity index (χ3n) is 8.38. The number of aryl methyl sites for hydroxylation is 1. The largest absolute Gasteiger partial charge is 0.393 e. The molecule has 5 nitrogen and oxygen atoms in total. The number of aromatic nitrogens is 2. The Kier molecular flexibility index (Phi) is 5.16. The number of hydrogen-bond donors (Lipinski definition) is 1. The van der Waals surface area contributed by atoms with Gasteiger partial charge in [-0.05, 0) is 61.5 Å². The maximum atomic E-state index is 13.6. The summed E-state index contributed by atoms with van der Waals surface area (Å²) in [7, 11) is 2.01. The van der Waals surface area contributed by atoms with E-state index < -0.39 is 0 Å². The van der Waals surface area contributed by atoms with Gasteiger partial charge in [-0.25, -0.2) is 0 Å². The third-order valence-corrected chi connectivity index (χ3v) is 8.38. The maximum absolute atomic E-state index is 13.6. The van der Waals surface area contributed by atoms with Gasteiger partial charge in [-0.1, -0.05) is 39.3 Å². The van der Waals surface area contributed by atoms with Crippen molar-refractivity contribution >= 4 is 16.8 Å². The number of amides is 1. The lowest BCUT2D eigenvalue weighted by molar-refractivity contribution is -0.149. The standard InChI is InChI=1S/C26H37N3O2/c1-5-26(3)14-18-12-20(30)13-19(15-26)29(18)23(31)11-16(2)25-24-21(17-9-10-17)7-6-8-22(24)28(4)27-25/h6-8,16-20,30H,5,9-15H2,1-4H3. The van der Waals surface area contributed by atoms with Gasteiger partial charge >= 0.3 is 0 Å². The molecule has 31 heavy (non-hydrogen) atoms. The summed E-state index contributed by atoms with van der Waals surface area (Å²) in [5.74, 6) is 0.987. The van der Waals surface area contributed by atoms with Crippen LogP contribution in [0.25, 0.3) is 10.9 Å². The SMILES string of the molecule is CCC1(C)CC2CC(O)CC(C1)N2C(=O)CC(C)c1nn(C)c2cccc(C3CC3)c12. The van der Waals surface area contributed by atoms with E-state index in [0.29, 0.717) is 12.3 Å². The summed E-state index contributed by atoms with van der Waals surface area (Å²) in [6, 6.07) is 6.89. The van der Waals surface area contributed by atoms with Crippen molar-refractivity contribution in [3.8, 4) is 0 Å². The van der Waals surface area contributed by atoms with E-state index in [0.717, 1.165) is 37.8 Å². The van der Waals surface area contributed by atoms with Crippen molar-refractivity contribution in [2.24, 2.45) is 12.5 Å². The van der Waals surface area contributed by atoms with Gasteiger partial charge in [0.25, 0.3) is 0 Å². The van der Waals surface area contributed by atoms with Crippen LogP contribution in [-0.4, -0.2) is 43.9 Å². The molecule has 3 unspecified atom stereocenters. The Balaban J connectivity index is 1.40. The van der Waals surface area contributed by atoms with Gasteiger partial charge in [0.2, 0.25) is 5.91 Å². The monoisotopic (exact) mass is 423 g/mol. The number of carbonyl (C=O) groups is 1. The number of hydrogen-bond acceptors (Lipinski definition) is 3. The van der Waals surface area contributed by atoms with Crippen LogP contribution in [0.4, 0.5) is 0 Å². The van der Waals surface area contributed by atoms with E-state index in [9.17, 15) is 9.90 Å². The Hall–Kier alpha value is -1.88. The highest BCUT2D eigenvalue weighted by Crippen LogP contribution is 2.47. The third kappa shape index (κ3) is 3.69. The zero-order chi connectivity index (χ0) is 21.9. The van der Waals surface area contributed by atoms with E-state index in [4.69, 9.17) is 5.10 Å². The second-order valence-electron chi connectivity index (χ2n) is 10.9. The molecule has 3 atom stereocenters. The van der Waals surface area contributed by atoms with Crippen molar-refractivity contribution < 1.29 is 9.90 Å². The molecular weight excluding hydrogens is 386 g/mol. The van der Waals surface area contributed by atoms with Crippen LogP contribution in [0, 0.1) is 5.41 Å². The Morgan fingerprint density at radius 1 is 1.26 bits per heavy atom. The number of rotatable bonds is 5. The molecule has 2 saturated heterocycles. The van der Waals surface area contributed by atoms with Gasteiger partial charge in [0.05, 0.1) is 17.3 Å². The van der Waals surface area contributed by atoms with Gasteiger partial charge < -0.3 is 10.0 Å². The number of fused-ring (bicyclic) bond motifs is 3. The van der Waals surface area contributed by atoms with Crippen molar-refractivity contribution in [3.63, 3.8) is 0 Å². The average molecular weight is 424 g/mol. The molecule has 1 saturated carbocycles. The normalized spacial score (nSPS) is 31.8. The van der Waals surface area contributed by atoms with E-state index in [-0.39, 0.29) is 35.4 Å². The molecule has 1 amide bonds. The first-order valence-corrected chi connectivity index (χ1v) is 12.2. The van der Waals surface area contributed by atoms with Crippen LogP contribution in [0.1, 0.15) is 95.2 Å². The molecule has 3 aliphatic rings. The summed E-state index contributed by atoms with van der Waals surface area (Å²) in [5, 5.41) is 16.5. The first-order valence-electron chi connectivity index (χ1n) is 12.2. The van der Waals surface area contributed by atoms with Gasteiger partial charge in [0, 0.05) is 36.9 Å². The van der Waals surface area contributed by atoms with Crippen molar-refractivity contribution in [1.29, 1.82) is 0 Å². The fourth-order valence-corrected chi connectivity index (χ4v) is 6.45. The van der Waals surface area contributed by atoms with E-state index >= 15 is 0 Å². The van der Waals surface area contributed by atoms with Gasteiger partial charge in [-0.2, -0.15) is 5.10 Å². The molecule has 1 aliphatic carbocycles. The minimum Gasteiger partial charge on any atom is -0.393 e. The van der Waals surface area contributed by atoms with Crippen LogP contribution < -0.4 is 0 Å². The summed E-state index contributed by atoms with van der Waals surface area (Å²) in [6.07, 6.45) is 7.36. The molecule has 3 fully saturated rings. The average Bonchev–Trinajstić information content (AvgIpc) is 3.50. The summed E-state index contributed by atoms with van der Waals surface area (Å²) in [4.78, 5) is 15.7.